The van der Waals surface area contributed by atoms with Crippen molar-refractivity contribution < 1.29 is 18.7 Å². The van der Waals surface area contributed by atoms with Crippen LogP contribution in [0.2, 0.25) is 0 Å². The molecule has 19 heavy (non-hydrogen) atoms. The first-order valence-electron chi connectivity index (χ1n) is 6.06. The van der Waals surface area contributed by atoms with Crippen molar-refractivity contribution in [1.29, 1.82) is 0 Å². The van der Waals surface area contributed by atoms with Gasteiger partial charge in [0.15, 0.2) is 0 Å². The highest BCUT2D eigenvalue weighted by Gasteiger charge is 2.34. The molecule has 0 saturated heterocycles. The number of alkyl halides is 2. The minimum Gasteiger partial charge on any atom is -0.386 e. The second kappa shape index (κ2) is 5.65. The van der Waals surface area contributed by atoms with Gasteiger partial charge in [-0.25, -0.2) is 0 Å². The molecule has 1 amide bonds. The average Bonchev–Trinajstić information content (AvgIpc) is 2.25. The standard InChI is InChI=1S/C14H19F2NO2/c1-8-5-9(2)7-11(6-8)12(18)10(3)17-13(19)14(4,15)16/h5-7,10,12,18H,1-4H3,(H,17,19)/t10-,12-/m0/s1. The molecule has 0 radical (unpaired) electrons. The highest BCUT2D eigenvalue weighted by molar-refractivity contribution is 5.83. The summed E-state index contributed by atoms with van der Waals surface area (Å²) in [4.78, 5) is 11.2. The monoisotopic (exact) mass is 271 g/mol. The number of amides is 1. The molecule has 1 aromatic carbocycles. The van der Waals surface area contributed by atoms with Gasteiger partial charge < -0.3 is 10.4 Å². The zero-order valence-electron chi connectivity index (χ0n) is 11.5. The summed E-state index contributed by atoms with van der Waals surface area (Å²) in [6.07, 6.45) is -1.02. The Hall–Kier alpha value is -1.49. The minimum absolute atomic E-state index is 0.526. The van der Waals surface area contributed by atoms with Gasteiger partial charge in [-0.2, -0.15) is 8.78 Å². The number of aryl methyl sites for hydroxylation is 2. The van der Waals surface area contributed by atoms with Crippen LogP contribution in [0, 0.1) is 13.8 Å². The maximum Gasteiger partial charge on any atom is 0.321 e. The highest BCUT2D eigenvalue weighted by Crippen LogP contribution is 2.21. The fourth-order valence-electron chi connectivity index (χ4n) is 1.88. The van der Waals surface area contributed by atoms with Crippen LogP contribution in [0.3, 0.4) is 0 Å². The van der Waals surface area contributed by atoms with Gasteiger partial charge in [0.2, 0.25) is 0 Å². The molecular formula is C14H19F2NO2. The fraction of sp³-hybridized carbons (Fsp3) is 0.500. The Balaban J connectivity index is 2.82. The molecule has 2 N–H and O–H groups in total. The third-order valence-electron chi connectivity index (χ3n) is 2.82. The molecule has 1 rings (SSSR count). The maximum absolute atomic E-state index is 12.8. The minimum atomic E-state index is -3.45. The average molecular weight is 271 g/mol. The van der Waals surface area contributed by atoms with Crippen LogP contribution >= 0.6 is 0 Å². The quantitative estimate of drug-likeness (QED) is 0.884. The predicted molar refractivity (Wildman–Crippen MR) is 69.1 cm³/mol. The van der Waals surface area contributed by atoms with Crippen LogP contribution in [-0.2, 0) is 4.79 Å². The van der Waals surface area contributed by atoms with Gasteiger partial charge >= 0.3 is 5.92 Å². The molecule has 2 atom stereocenters. The number of rotatable bonds is 4. The van der Waals surface area contributed by atoms with E-state index >= 15 is 0 Å². The molecule has 5 heteroatoms. The number of aliphatic hydroxyl groups excluding tert-OH is 1. The van der Waals surface area contributed by atoms with Crippen LogP contribution in [0.15, 0.2) is 18.2 Å². The maximum atomic E-state index is 12.8. The summed E-state index contributed by atoms with van der Waals surface area (Å²) in [5, 5.41) is 12.2. The Morgan fingerprint density at radius 3 is 2.16 bits per heavy atom. The predicted octanol–water partition coefficient (Wildman–Crippen LogP) is 2.50. The van der Waals surface area contributed by atoms with Crippen molar-refractivity contribution in [1.82, 2.24) is 5.32 Å². The summed E-state index contributed by atoms with van der Waals surface area (Å²) in [7, 11) is 0. The first-order valence-corrected chi connectivity index (χ1v) is 6.06. The molecule has 0 bridgehead atoms. The van der Waals surface area contributed by atoms with E-state index in [1.165, 1.54) is 6.92 Å². The van der Waals surface area contributed by atoms with Crippen LogP contribution in [0.25, 0.3) is 0 Å². The van der Waals surface area contributed by atoms with Crippen LogP contribution in [0.4, 0.5) is 8.78 Å². The molecule has 0 aliphatic rings. The van der Waals surface area contributed by atoms with Gasteiger partial charge in [-0.1, -0.05) is 29.3 Å². The Morgan fingerprint density at radius 2 is 1.74 bits per heavy atom. The van der Waals surface area contributed by atoms with Crippen molar-refractivity contribution in [2.75, 3.05) is 0 Å². The second-order valence-corrected chi connectivity index (χ2v) is 5.02. The number of nitrogens with one attached hydrogen (secondary N) is 1. The van der Waals surface area contributed by atoms with Crippen LogP contribution in [0.1, 0.15) is 36.6 Å². The van der Waals surface area contributed by atoms with Gasteiger partial charge in [-0.3, -0.25) is 4.79 Å². The molecule has 0 spiro atoms. The van der Waals surface area contributed by atoms with E-state index in [9.17, 15) is 18.7 Å². The van der Waals surface area contributed by atoms with E-state index in [0.717, 1.165) is 11.1 Å². The van der Waals surface area contributed by atoms with E-state index < -0.39 is 24.0 Å². The van der Waals surface area contributed by atoms with Gasteiger partial charge in [-0.05, 0) is 26.3 Å². The van der Waals surface area contributed by atoms with Crippen molar-refractivity contribution in [3.8, 4) is 0 Å². The summed E-state index contributed by atoms with van der Waals surface area (Å²) in [6, 6.07) is 4.69. The normalized spacial score (nSPS) is 14.9. The van der Waals surface area contributed by atoms with Crippen molar-refractivity contribution in [3.63, 3.8) is 0 Å². The van der Waals surface area contributed by atoms with Crippen molar-refractivity contribution in [2.24, 2.45) is 0 Å². The van der Waals surface area contributed by atoms with E-state index in [1.807, 2.05) is 19.9 Å². The summed E-state index contributed by atoms with van der Waals surface area (Å²) in [5.74, 6) is -4.83. The number of benzene rings is 1. The summed E-state index contributed by atoms with van der Waals surface area (Å²) in [5.41, 5.74) is 2.53. The lowest BCUT2D eigenvalue weighted by Crippen LogP contribution is -2.44. The summed E-state index contributed by atoms with van der Waals surface area (Å²) in [6.45, 7) is 5.78. The van der Waals surface area contributed by atoms with E-state index in [-0.39, 0.29) is 0 Å². The molecule has 3 nitrogen and oxygen atoms in total. The number of carbonyl (C=O) groups is 1. The van der Waals surface area contributed by atoms with E-state index in [4.69, 9.17) is 0 Å². The summed E-state index contributed by atoms with van der Waals surface area (Å²) >= 11 is 0. The molecule has 0 aliphatic heterocycles. The molecule has 0 heterocycles. The lowest BCUT2D eigenvalue weighted by molar-refractivity contribution is -0.144. The molecule has 0 aromatic heterocycles. The SMILES string of the molecule is Cc1cc(C)cc([C@@H](O)[C@H](C)NC(=O)C(C)(F)F)c1. The fourth-order valence-corrected chi connectivity index (χ4v) is 1.88. The van der Waals surface area contributed by atoms with E-state index in [2.05, 4.69) is 5.32 Å². The zero-order valence-corrected chi connectivity index (χ0v) is 11.5. The van der Waals surface area contributed by atoms with Crippen LogP contribution < -0.4 is 5.32 Å². The van der Waals surface area contributed by atoms with E-state index in [1.54, 1.807) is 12.1 Å². The first-order chi connectivity index (χ1) is 8.61. The first kappa shape index (κ1) is 15.6. The highest BCUT2D eigenvalue weighted by atomic mass is 19.3. The molecule has 0 aliphatic carbocycles. The van der Waals surface area contributed by atoms with Crippen molar-refractivity contribution in [2.45, 2.75) is 45.8 Å². The third-order valence-corrected chi connectivity index (χ3v) is 2.82. The number of carbonyl (C=O) groups excluding carboxylic acids is 1. The number of aliphatic hydroxyl groups is 1. The third kappa shape index (κ3) is 4.28. The number of hydrogen-bond donors (Lipinski definition) is 2. The molecule has 1 aromatic rings. The Morgan fingerprint density at radius 1 is 1.26 bits per heavy atom. The zero-order chi connectivity index (χ0) is 14.8. The van der Waals surface area contributed by atoms with Crippen LogP contribution in [0.5, 0.6) is 0 Å². The molecule has 0 fully saturated rings. The van der Waals surface area contributed by atoms with Gasteiger partial charge in [0, 0.05) is 6.92 Å². The Bertz CT molecular complexity index is 449. The number of halogens is 2. The smallest absolute Gasteiger partial charge is 0.321 e. The number of hydrogen-bond acceptors (Lipinski definition) is 2. The second-order valence-electron chi connectivity index (χ2n) is 5.02. The molecule has 0 saturated carbocycles. The Kier molecular flexibility index (Phi) is 4.63. The van der Waals surface area contributed by atoms with Gasteiger partial charge in [0.25, 0.3) is 5.91 Å². The van der Waals surface area contributed by atoms with Gasteiger partial charge in [0.1, 0.15) is 0 Å². The lowest BCUT2D eigenvalue weighted by atomic mass is 9.99. The lowest BCUT2D eigenvalue weighted by Gasteiger charge is -2.23. The van der Waals surface area contributed by atoms with Crippen molar-refractivity contribution in [3.05, 3.63) is 34.9 Å². The molecule has 106 valence electrons. The van der Waals surface area contributed by atoms with Crippen LogP contribution in [-0.4, -0.2) is 23.0 Å². The Labute approximate surface area is 111 Å². The van der Waals surface area contributed by atoms with Gasteiger partial charge in [-0.15, -0.1) is 0 Å². The van der Waals surface area contributed by atoms with E-state index in [0.29, 0.717) is 12.5 Å². The molecule has 0 unspecified atom stereocenters. The van der Waals surface area contributed by atoms with Gasteiger partial charge in [0.05, 0.1) is 12.1 Å². The summed E-state index contributed by atoms with van der Waals surface area (Å²) < 4.78 is 25.6. The van der Waals surface area contributed by atoms with Crippen molar-refractivity contribution >= 4 is 5.91 Å². The topological polar surface area (TPSA) is 49.3 Å². The largest absolute Gasteiger partial charge is 0.386 e. The molecular weight excluding hydrogens is 252 g/mol.